The first kappa shape index (κ1) is 16.2. The fourth-order valence-electron chi connectivity index (χ4n) is 2.92. The Kier molecular flexibility index (Phi) is 4.89. The van der Waals surface area contributed by atoms with Crippen LogP contribution < -0.4 is 5.32 Å². The molecule has 1 aliphatic carbocycles. The van der Waals surface area contributed by atoms with Crippen molar-refractivity contribution in [1.82, 2.24) is 9.62 Å². The van der Waals surface area contributed by atoms with E-state index in [9.17, 15) is 13.2 Å². The second kappa shape index (κ2) is 6.32. The summed E-state index contributed by atoms with van der Waals surface area (Å²) < 4.78 is 25.2. The first-order valence-corrected chi connectivity index (χ1v) is 9.20. The summed E-state index contributed by atoms with van der Waals surface area (Å²) in [6.07, 6.45) is 4.13. The smallest absolute Gasteiger partial charge is 0.224 e. The lowest BCUT2D eigenvalue weighted by Crippen LogP contribution is -2.48. The van der Waals surface area contributed by atoms with E-state index < -0.39 is 10.0 Å². The lowest BCUT2D eigenvalue weighted by molar-refractivity contribution is -0.126. The normalized spacial score (nSPS) is 25.6. The van der Waals surface area contributed by atoms with E-state index >= 15 is 0 Å². The average Bonchev–Trinajstić information content (AvgIpc) is 2.46. The van der Waals surface area contributed by atoms with E-state index in [-0.39, 0.29) is 29.5 Å². The second-order valence-electron chi connectivity index (χ2n) is 6.06. The van der Waals surface area contributed by atoms with E-state index in [0.717, 1.165) is 19.3 Å². The number of nitrogens with zero attached hydrogens (tertiary/aromatic N) is 2. The molecule has 1 unspecified atom stereocenters. The summed E-state index contributed by atoms with van der Waals surface area (Å²) in [5.41, 5.74) is -0.389. The number of amides is 1. The Hall–Kier alpha value is -1.13. The van der Waals surface area contributed by atoms with Crippen LogP contribution in [0.4, 0.5) is 0 Å². The molecule has 7 heteroatoms. The summed E-state index contributed by atoms with van der Waals surface area (Å²) >= 11 is 0. The van der Waals surface area contributed by atoms with E-state index in [1.54, 1.807) is 6.92 Å². The fourth-order valence-corrected chi connectivity index (χ4v) is 4.10. The van der Waals surface area contributed by atoms with Gasteiger partial charge in [-0.1, -0.05) is 6.42 Å². The van der Waals surface area contributed by atoms with Gasteiger partial charge in [-0.05, 0) is 32.6 Å². The molecule has 0 aromatic rings. The number of rotatable bonds is 5. The molecule has 0 radical (unpaired) electrons. The summed E-state index contributed by atoms with van der Waals surface area (Å²) in [5.74, 6) is -0.345. The Morgan fingerprint density at radius 2 is 2.14 bits per heavy atom. The van der Waals surface area contributed by atoms with Crippen LogP contribution in [0.5, 0.6) is 0 Å². The molecule has 118 valence electrons. The van der Waals surface area contributed by atoms with Crippen molar-refractivity contribution in [1.29, 1.82) is 5.26 Å². The fraction of sp³-hybridized carbons (Fsp3) is 0.857. The van der Waals surface area contributed by atoms with Crippen molar-refractivity contribution >= 4 is 15.9 Å². The van der Waals surface area contributed by atoms with Crippen LogP contribution in [0.1, 0.15) is 39.0 Å². The largest absolute Gasteiger partial charge is 0.354 e. The van der Waals surface area contributed by atoms with Crippen LogP contribution in [0, 0.1) is 22.7 Å². The average molecular weight is 313 g/mol. The minimum atomic E-state index is -3.23. The quantitative estimate of drug-likeness (QED) is 0.815. The molecular weight excluding hydrogens is 290 g/mol. The summed E-state index contributed by atoms with van der Waals surface area (Å²) in [6, 6.07) is 2.29. The number of nitriles is 1. The molecule has 0 spiro atoms. The van der Waals surface area contributed by atoms with Crippen molar-refractivity contribution in [3.8, 4) is 6.07 Å². The number of sulfonamides is 1. The maximum absolute atomic E-state index is 12.2. The minimum Gasteiger partial charge on any atom is -0.354 e. The van der Waals surface area contributed by atoms with Gasteiger partial charge in [-0.2, -0.15) is 5.26 Å². The van der Waals surface area contributed by atoms with Crippen molar-refractivity contribution in [2.24, 2.45) is 11.3 Å². The molecule has 1 saturated carbocycles. The van der Waals surface area contributed by atoms with Gasteiger partial charge in [-0.25, -0.2) is 12.7 Å². The monoisotopic (exact) mass is 313 g/mol. The number of piperidine rings is 1. The zero-order valence-electron chi connectivity index (χ0n) is 12.5. The molecule has 6 nitrogen and oxygen atoms in total. The van der Waals surface area contributed by atoms with Crippen molar-refractivity contribution in [2.75, 3.05) is 25.4 Å². The molecule has 21 heavy (non-hydrogen) atoms. The van der Waals surface area contributed by atoms with E-state index in [4.69, 9.17) is 5.26 Å². The van der Waals surface area contributed by atoms with Gasteiger partial charge in [0, 0.05) is 19.6 Å². The minimum absolute atomic E-state index is 0.0683. The van der Waals surface area contributed by atoms with Gasteiger partial charge in [0.15, 0.2) is 0 Å². The highest BCUT2D eigenvalue weighted by Crippen LogP contribution is 2.39. The molecule has 0 aromatic carbocycles. The molecule has 1 saturated heterocycles. The van der Waals surface area contributed by atoms with E-state index in [0.29, 0.717) is 25.9 Å². The highest BCUT2D eigenvalue weighted by Gasteiger charge is 2.38. The Labute approximate surface area is 126 Å². The SMILES string of the molecule is CCS(=O)(=O)N1CCCC(C(=O)NCC2(C#N)CCC2)C1. The summed E-state index contributed by atoms with van der Waals surface area (Å²) in [7, 11) is -3.23. The zero-order valence-corrected chi connectivity index (χ0v) is 13.3. The van der Waals surface area contributed by atoms with Crippen molar-refractivity contribution in [3.05, 3.63) is 0 Å². The van der Waals surface area contributed by atoms with Crippen LogP contribution in [-0.2, 0) is 14.8 Å². The van der Waals surface area contributed by atoms with Gasteiger partial charge in [-0.3, -0.25) is 4.79 Å². The van der Waals surface area contributed by atoms with E-state index in [2.05, 4.69) is 11.4 Å². The Bertz CT molecular complexity index is 534. The van der Waals surface area contributed by atoms with Crippen LogP contribution in [0.2, 0.25) is 0 Å². The van der Waals surface area contributed by atoms with Crippen LogP contribution in [0.3, 0.4) is 0 Å². The van der Waals surface area contributed by atoms with E-state index in [1.165, 1.54) is 4.31 Å². The lowest BCUT2D eigenvalue weighted by atomic mass is 9.70. The molecule has 2 fully saturated rings. The van der Waals surface area contributed by atoms with Gasteiger partial charge < -0.3 is 5.32 Å². The van der Waals surface area contributed by atoms with Gasteiger partial charge in [0.1, 0.15) is 0 Å². The van der Waals surface area contributed by atoms with Gasteiger partial charge >= 0.3 is 0 Å². The third kappa shape index (κ3) is 3.55. The number of nitrogens with one attached hydrogen (secondary N) is 1. The highest BCUT2D eigenvalue weighted by molar-refractivity contribution is 7.89. The molecular formula is C14H23N3O3S. The Morgan fingerprint density at radius 3 is 2.67 bits per heavy atom. The van der Waals surface area contributed by atoms with Crippen LogP contribution in [0.15, 0.2) is 0 Å². The predicted octanol–water partition coefficient (Wildman–Crippen LogP) is 0.858. The molecule has 1 amide bonds. The summed E-state index contributed by atoms with van der Waals surface area (Å²) in [4.78, 5) is 12.2. The maximum atomic E-state index is 12.2. The first-order chi connectivity index (χ1) is 9.92. The molecule has 1 heterocycles. The molecule has 1 atom stereocenters. The van der Waals surface area contributed by atoms with Gasteiger partial charge in [0.05, 0.1) is 23.2 Å². The highest BCUT2D eigenvalue weighted by atomic mass is 32.2. The standard InChI is InChI=1S/C14H23N3O3S/c1-2-21(19,20)17-8-3-5-12(9-17)13(18)16-11-14(10-15)6-4-7-14/h12H,2-9,11H2,1H3,(H,16,18). The summed E-state index contributed by atoms with van der Waals surface area (Å²) in [6.45, 7) is 2.77. The maximum Gasteiger partial charge on any atom is 0.224 e. The molecule has 1 N–H and O–H groups in total. The zero-order chi connectivity index (χ0) is 15.5. The lowest BCUT2D eigenvalue weighted by Gasteiger charge is -2.36. The van der Waals surface area contributed by atoms with Crippen molar-refractivity contribution in [3.63, 3.8) is 0 Å². The van der Waals surface area contributed by atoms with Gasteiger partial charge in [-0.15, -0.1) is 0 Å². The predicted molar refractivity (Wildman–Crippen MR) is 78.7 cm³/mol. The molecule has 0 aromatic heterocycles. The molecule has 2 aliphatic rings. The van der Waals surface area contributed by atoms with E-state index in [1.807, 2.05) is 0 Å². The van der Waals surface area contributed by atoms with Crippen molar-refractivity contribution in [2.45, 2.75) is 39.0 Å². The van der Waals surface area contributed by atoms with Crippen LogP contribution >= 0.6 is 0 Å². The van der Waals surface area contributed by atoms with Crippen molar-refractivity contribution < 1.29 is 13.2 Å². The molecule has 1 aliphatic heterocycles. The summed E-state index contributed by atoms with van der Waals surface area (Å²) in [5, 5.41) is 12.0. The van der Waals surface area contributed by atoms with Crippen LogP contribution in [0.25, 0.3) is 0 Å². The number of carbonyl (C=O) groups excluding carboxylic acids is 1. The molecule has 0 bridgehead atoms. The number of hydrogen-bond acceptors (Lipinski definition) is 4. The van der Waals surface area contributed by atoms with Crippen LogP contribution in [-0.4, -0.2) is 44.0 Å². The Morgan fingerprint density at radius 1 is 1.43 bits per heavy atom. The van der Waals surface area contributed by atoms with Gasteiger partial charge in [0.2, 0.25) is 15.9 Å². The number of carbonyl (C=O) groups is 1. The topological polar surface area (TPSA) is 90.3 Å². The Balaban J connectivity index is 1.89. The third-order valence-electron chi connectivity index (χ3n) is 4.66. The molecule has 2 rings (SSSR count). The third-order valence-corrected chi connectivity index (χ3v) is 6.51. The first-order valence-electron chi connectivity index (χ1n) is 7.59. The number of hydrogen-bond donors (Lipinski definition) is 1. The second-order valence-corrected chi connectivity index (χ2v) is 8.32. The van der Waals surface area contributed by atoms with Gasteiger partial charge in [0.25, 0.3) is 0 Å².